The molecular formula is C11H18BrN3O3S. The van der Waals surface area contributed by atoms with Gasteiger partial charge >= 0.3 is 0 Å². The summed E-state index contributed by atoms with van der Waals surface area (Å²) in [6.45, 7) is 4.49. The Morgan fingerprint density at radius 3 is 2.79 bits per heavy atom. The van der Waals surface area contributed by atoms with Crippen molar-refractivity contribution in [1.29, 1.82) is 0 Å². The minimum atomic E-state index is -3.51. The number of hydrogen-bond acceptors (Lipinski definition) is 4. The van der Waals surface area contributed by atoms with Crippen molar-refractivity contribution in [2.75, 3.05) is 18.4 Å². The zero-order chi connectivity index (χ0) is 14.3. The second-order valence-corrected chi connectivity index (χ2v) is 7.89. The number of ether oxygens (including phenoxy) is 1. The molecule has 0 amide bonds. The summed E-state index contributed by atoms with van der Waals surface area (Å²) in [5.74, 6) is 0. The lowest BCUT2D eigenvalue weighted by atomic mass is 10.1. The summed E-state index contributed by atoms with van der Waals surface area (Å²) >= 11 is 3.35. The van der Waals surface area contributed by atoms with Gasteiger partial charge in [0.05, 0.1) is 17.9 Å². The van der Waals surface area contributed by atoms with Crippen LogP contribution in [0.1, 0.15) is 13.8 Å². The van der Waals surface area contributed by atoms with Crippen LogP contribution < -0.4 is 0 Å². The fourth-order valence-electron chi connectivity index (χ4n) is 2.19. The molecule has 1 aliphatic heterocycles. The highest BCUT2D eigenvalue weighted by Crippen LogP contribution is 2.26. The van der Waals surface area contributed by atoms with Crippen LogP contribution in [0.25, 0.3) is 0 Å². The van der Waals surface area contributed by atoms with Gasteiger partial charge in [0.2, 0.25) is 10.0 Å². The number of rotatable bonds is 3. The molecule has 0 N–H and O–H groups in total. The minimum Gasteiger partial charge on any atom is -0.369 e. The monoisotopic (exact) mass is 351 g/mol. The summed E-state index contributed by atoms with van der Waals surface area (Å²) in [6.07, 6.45) is 2.75. The molecule has 2 heterocycles. The Balaban J connectivity index is 2.29. The van der Waals surface area contributed by atoms with Gasteiger partial charge in [0.1, 0.15) is 4.90 Å². The Labute approximate surface area is 121 Å². The fraction of sp³-hybridized carbons (Fsp3) is 0.727. The fourth-order valence-corrected chi connectivity index (χ4v) is 4.13. The number of sulfonamides is 1. The van der Waals surface area contributed by atoms with Gasteiger partial charge in [-0.1, -0.05) is 15.9 Å². The highest BCUT2D eigenvalue weighted by atomic mass is 79.9. The number of alkyl halides is 1. The van der Waals surface area contributed by atoms with E-state index >= 15 is 0 Å². The van der Waals surface area contributed by atoms with E-state index in [4.69, 9.17) is 4.74 Å². The van der Waals surface area contributed by atoms with E-state index < -0.39 is 15.6 Å². The topological polar surface area (TPSA) is 64.4 Å². The van der Waals surface area contributed by atoms with Crippen LogP contribution in [0.5, 0.6) is 0 Å². The third-order valence-corrected chi connectivity index (χ3v) is 5.43. The van der Waals surface area contributed by atoms with Crippen LogP contribution in [-0.2, 0) is 21.8 Å². The summed E-state index contributed by atoms with van der Waals surface area (Å²) in [7, 11) is -1.81. The van der Waals surface area contributed by atoms with Gasteiger partial charge in [-0.3, -0.25) is 4.68 Å². The normalized spacial score (nSPS) is 24.5. The molecule has 0 bridgehead atoms. The van der Waals surface area contributed by atoms with Crippen molar-refractivity contribution in [1.82, 2.24) is 14.1 Å². The lowest BCUT2D eigenvalue weighted by Crippen LogP contribution is -2.54. The van der Waals surface area contributed by atoms with E-state index in [9.17, 15) is 8.42 Å². The highest BCUT2D eigenvalue weighted by Gasteiger charge is 2.39. The van der Waals surface area contributed by atoms with Crippen LogP contribution in [-0.4, -0.2) is 52.6 Å². The largest absolute Gasteiger partial charge is 0.369 e. The lowest BCUT2D eigenvalue weighted by molar-refractivity contribution is -0.106. The van der Waals surface area contributed by atoms with Crippen molar-refractivity contribution in [3.05, 3.63) is 12.4 Å². The van der Waals surface area contributed by atoms with E-state index in [1.54, 1.807) is 7.05 Å². The van der Waals surface area contributed by atoms with Crippen molar-refractivity contribution >= 4 is 26.0 Å². The second kappa shape index (κ2) is 5.16. The number of halogens is 1. The first-order valence-electron chi connectivity index (χ1n) is 5.97. The van der Waals surface area contributed by atoms with Crippen molar-refractivity contribution in [3.63, 3.8) is 0 Å². The van der Waals surface area contributed by atoms with Gasteiger partial charge in [-0.15, -0.1) is 0 Å². The standard InChI is InChI=1S/C11H18BrN3O3S/c1-11(2)8-15(6-9(4-12)18-11)19(16,17)10-5-13-14(3)7-10/h5,7,9H,4,6,8H2,1-3H3. The SMILES string of the molecule is Cn1cc(S(=O)(=O)N2CC(CBr)OC(C)(C)C2)cn1. The molecule has 8 heteroatoms. The molecule has 0 radical (unpaired) electrons. The number of aryl methyl sites for hydroxylation is 1. The molecule has 6 nitrogen and oxygen atoms in total. The molecule has 1 unspecified atom stereocenters. The van der Waals surface area contributed by atoms with E-state index in [1.807, 2.05) is 13.8 Å². The van der Waals surface area contributed by atoms with Gasteiger partial charge in [-0.2, -0.15) is 9.40 Å². The number of nitrogens with zero attached hydrogens (tertiary/aromatic N) is 3. The molecule has 19 heavy (non-hydrogen) atoms. The Morgan fingerprint density at radius 1 is 1.58 bits per heavy atom. The molecule has 0 spiro atoms. The molecule has 1 aromatic rings. The zero-order valence-electron chi connectivity index (χ0n) is 11.2. The third-order valence-electron chi connectivity index (χ3n) is 2.94. The molecule has 0 aromatic carbocycles. The van der Waals surface area contributed by atoms with Crippen LogP contribution in [0.2, 0.25) is 0 Å². The molecule has 0 aliphatic carbocycles. The van der Waals surface area contributed by atoms with E-state index in [2.05, 4.69) is 21.0 Å². The predicted molar refractivity (Wildman–Crippen MR) is 74.7 cm³/mol. The second-order valence-electron chi connectivity index (χ2n) is 5.30. The minimum absolute atomic E-state index is 0.143. The Kier molecular flexibility index (Phi) is 4.06. The van der Waals surface area contributed by atoms with Gasteiger partial charge in [-0.25, -0.2) is 8.42 Å². The molecule has 1 aromatic heterocycles. The lowest BCUT2D eigenvalue weighted by Gasteiger charge is -2.41. The van der Waals surface area contributed by atoms with Crippen LogP contribution >= 0.6 is 15.9 Å². The number of morpholine rings is 1. The number of aromatic nitrogens is 2. The van der Waals surface area contributed by atoms with Gasteiger partial charge in [0.25, 0.3) is 0 Å². The Hall–Kier alpha value is -0.440. The Morgan fingerprint density at radius 2 is 2.26 bits per heavy atom. The molecular weight excluding hydrogens is 334 g/mol. The zero-order valence-corrected chi connectivity index (χ0v) is 13.6. The van der Waals surface area contributed by atoms with Gasteiger partial charge < -0.3 is 4.74 Å². The first-order valence-corrected chi connectivity index (χ1v) is 8.53. The molecule has 1 atom stereocenters. The third kappa shape index (κ3) is 3.18. The van der Waals surface area contributed by atoms with Crippen LogP contribution in [0, 0.1) is 0 Å². The van der Waals surface area contributed by atoms with Crippen LogP contribution in [0.3, 0.4) is 0 Å². The highest BCUT2D eigenvalue weighted by molar-refractivity contribution is 9.09. The van der Waals surface area contributed by atoms with Crippen molar-refractivity contribution < 1.29 is 13.2 Å². The molecule has 1 fully saturated rings. The predicted octanol–water partition coefficient (Wildman–Crippen LogP) is 0.983. The van der Waals surface area contributed by atoms with Crippen LogP contribution in [0.15, 0.2) is 17.3 Å². The molecule has 108 valence electrons. The summed E-state index contributed by atoms with van der Waals surface area (Å²) in [4.78, 5) is 0.223. The molecule has 1 saturated heterocycles. The van der Waals surface area contributed by atoms with Crippen molar-refractivity contribution in [2.45, 2.75) is 30.4 Å². The first kappa shape index (κ1) is 15.0. The van der Waals surface area contributed by atoms with Gasteiger partial charge in [-0.05, 0) is 13.8 Å². The average Bonchev–Trinajstić information content (AvgIpc) is 2.74. The summed E-state index contributed by atoms with van der Waals surface area (Å²) in [6, 6.07) is 0. The average molecular weight is 352 g/mol. The van der Waals surface area contributed by atoms with Gasteiger partial charge in [0, 0.05) is 31.7 Å². The summed E-state index contributed by atoms with van der Waals surface area (Å²) < 4.78 is 33.9. The molecule has 0 saturated carbocycles. The van der Waals surface area contributed by atoms with E-state index in [-0.39, 0.29) is 11.0 Å². The van der Waals surface area contributed by atoms with E-state index in [0.717, 1.165) is 0 Å². The Bertz CT molecular complexity index is 555. The quantitative estimate of drug-likeness (QED) is 0.761. The van der Waals surface area contributed by atoms with Crippen LogP contribution in [0.4, 0.5) is 0 Å². The van der Waals surface area contributed by atoms with E-state index in [1.165, 1.54) is 21.4 Å². The van der Waals surface area contributed by atoms with Crippen molar-refractivity contribution in [3.8, 4) is 0 Å². The smallest absolute Gasteiger partial charge is 0.246 e. The maximum atomic E-state index is 12.6. The number of hydrogen-bond donors (Lipinski definition) is 0. The van der Waals surface area contributed by atoms with Crippen molar-refractivity contribution in [2.24, 2.45) is 7.05 Å². The summed E-state index contributed by atoms with van der Waals surface area (Å²) in [5, 5.41) is 4.53. The maximum Gasteiger partial charge on any atom is 0.246 e. The molecule has 2 rings (SSSR count). The molecule has 1 aliphatic rings. The maximum absolute atomic E-state index is 12.6. The van der Waals surface area contributed by atoms with Gasteiger partial charge in [0.15, 0.2) is 0 Å². The first-order chi connectivity index (χ1) is 8.74. The summed E-state index contributed by atoms with van der Waals surface area (Å²) in [5.41, 5.74) is -0.494. The van der Waals surface area contributed by atoms with E-state index in [0.29, 0.717) is 18.4 Å².